The Labute approximate surface area is 142 Å². The van der Waals surface area contributed by atoms with Gasteiger partial charge in [0.05, 0.1) is 6.54 Å². The van der Waals surface area contributed by atoms with Gasteiger partial charge in [-0.15, -0.1) is 0 Å². The molecular weight excluding hydrogens is 310 g/mol. The van der Waals surface area contributed by atoms with Crippen molar-refractivity contribution in [1.29, 1.82) is 0 Å². The highest BCUT2D eigenvalue weighted by atomic mass is 35.5. The minimum Gasteiger partial charge on any atom is -0.460 e. The highest BCUT2D eigenvalue weighted by Gasteiger charge is 2.09. The quantitative estimate of drug-likeness (QED) is 0.797. The molecule has 2 heterocycles. The normalized spacial score (nSPS) is 15.9. The van der Waals surface area contributed by atoms with E-state index in [1.807, 2.05) is 37.3 Å². The second kappa shape index (κ2) is 7.97. The molecular formula is C18H24ClN3O. The van der Waals surface area contributed by atoms with Gasteiger partial charge in [-0.3, -0.25) is 4.90 Å². The highest BCUT2D eigenvalue weighted by Crippen LogP contribution is 2.26. The maximum absolute atomic E-state index is 6.18. The van der Waals surface area contributed by atoms with Gasteiger partial charge in [0.2, 0.25) is 0 Å². The fourth-order valence-electron chi connectivity index (χ4n) is 2.76. The van der Waals surface area contributed by atoms with Crippen LogP contribution in [0.4, 0.5) is 0 Å². The molecule has 0 radical (unpaired) electrons. The molecule has 3 rings (SSSR count). The van der Waals surface area contributed by atoms with Crippen molar-refractivity contribution in [3.8, 4) is 11.3 Å². The van der Waals surface area contributed by atoms with Gasteiger partial charge in [-0.2, -0.15) is 0 Å². The van der Waals surface area contributed by atoms with Crippen LogP contribution in [-0.2, 0) is 6.54 Å². The number of nitrogens with zero attached hydrogens (tertiary/aromatic N) is 1. The lowest BCUT2D eigenvalue weighted by Gasteiger charge is -2.27. The van der Waals surface area contributed by atoms with E-state index in [1.165, 1.54) is 0 Å². The summed E-state index contributed by atoms with van der Waals surface area (Å²) in [4.78, 5) is 2.48. The second-order valence-electron chi connectivity index (χ2n) is 6.00. The molecule has 0 amide bonds. The van der Waals surface area contributed by atoms with Crippen molar-refractivity contribution < 1.29 is 4.42 Å². The topological polar surface area (TPSA) is 40.4 Å². The summed E-state index contributed by atoms with van der Waals surface area (Å²) in [6.45, 7) is 9.30. The summed E-state index contributed by atoms with van der Waals surface area (Å²) in [6, 6.07) is 10.1. The monoisotopic (exact) mass is 333 g/mol. The van der Waals surface area contributed by atoms with Crippen LogP contribution < -0.4 is 10.6 Å². The molecule has 4 nitrogen and oxygen atoms in total. The molecule has 0 atom stereocenters. The minimum absolute atomic E-state index is 0.756. The van der Waals surface area contributed by atoms with Gasteiger partial charge in [0.15, 0.2) is 0 Å². The van der Waals surface area contributed by atoms with Crippen LogP contribution in [0, 0.1) is 6.92 Å². The van der Waals surface area contributed by atoms with Gasteiger partial charge in [-0.05, 0) is 30.7 Å². The number of benzene rings is 1. The van der Waals surface area contributed by atoms with Crippen molar-refractivity contribution in [2.75, 3.05) is 39.3 Å². The van der Waals surface area contributed by atoms with Crippen LogP contribution in [-0.4, -0.2) is 44.2 Å². The van der Waals surface area contributed by atoms with Gasteiger partial charge < -0.3 is 15.1 Å². The van der Waals surface area contributed by atoms with Crippen LogP contribution in [0.15, 0.2) is 34.7 Å². The van der Waals surface area contributed by atoms with E-state index < -0.39 is 0 Å². The molecule has 1 saturated heterocycles. The predicted molar refractivity (Wildman–Crippen MR) is 94.9 cm³/mol. The lowest BCUT2D eigenvalue weighted by molar-refractivity contribution is 0.240. The maximum atomic E-state index is 6.18. The molecule has 124 valence electrons. The zero-order valence-corrected chi connectivity index (χ0v) is 14.3. The predicted octanol–water partition coefficient (Wildman–Crippen LogP) is 2.90. The highest BCUT2D eigenvalue weighted by molar-refractivity contribution is 6.31. The van der Waals surface area contributed by atoms with Crippen molar-refractivity contribution in [3.05, 3.63) is 46.7 Å². The van der Waals surface area contributed by atoms with E-state index in [4.69, 9.17) is 16.0 Å². The molecule has 1 aliphatic rings. The molecule has 0 spiro atoms. The molecule has 1 fully saturated rings. The summed E-state index contributed by atoms with van der Waals surface area (Å²) in [6.07, 6.45) is 0. The molecule has 2 aromatic rings. The fraction of sp³-hybridized carbons (Fsp3) is 0.444. The van der Waals surface area contributed by atoms with Gasteiger partial charge in [-0.25, -0.2) is 0 Å². The van der Waals surface area contributed by atoms with E-state index in [0.717, 1.165) is 73.5 Å². The summed E-state index contributed by atoms with van der Waals surface area (Å²) < 4.78 is 5.91. The Morgan fingerprint density at radius 1 is 1.22 bits per heavy atom. The van der Waals surface area contributed by atoms with E-state index in [-0.39, 0.29) is 0 Å². The summed E-state index contributed by atoms with van der Waals surface area (Å²) >= 11 is 6.18. The summed E-state index contributed by atoms with van der Waals surface area (Å²) in [5, 5.41) is 7.60. The molecule has 1 aliphatic heterocycles. The average Bonchev–Trinajstić information content (AvgIpc) is 3.04. The van der Waals surface area contributed by atoms with Gasteiger partial charge in [0.25, 0.3) is 0 Å². The van der Waals surface area contributed by atoms with E-state index in [0.29, 0.717) is 0 Å². The minimum atomic E-state index is 0.756. The van der Waals surface area contributed by atoms with Crippen molar-refractivity contribution in [2.24, 2.45) is 0 Å². The second-order valence-corrected chi connectivity index (χ2v) is 6.41. The standard InChI is InChI=1S/C18H24ClN3O/c1-14-2-3-15(12-17(14)19)18-5-4-16(23-18)13-21-8-11-22-9-6-20-7-10-22/h2-5,12,20-21H,6-11,13H2,1H3. The average molecular weight is 334 g/mol. The zero-order valence-electron chi connectivity index (χ0n) is 13.6. The van der Waals surface area contributed by atoms with Gasteiger partial charge in [0.1, 0.15) is 11.5 Å². The number of furan rings is 1. The van der Waals surface area contributed by atoms with Gasteiger partial charge in [0, 0.05) is 49.9 Å². The Bertz CT molecular complexity index is 635. The van der Waals surface area contributed by atoms with E-state index in [2.05, 4.69) is 15.5 Å². The zero-order chi connectivity index (χ0) is 16.1. The van der Waals surface area contributed by atoms with Crippen molar-refractivity contribution in [1.82, 2.24) is 15.5 Å². The number of hydrogen-bond acceptors (Lipinski definition) is 4. The first kappa shape index (κ1) is 16.5. The smallest absolute Gasteiger partial charge is 0.134 e. The van der Waals surface area contributed by atoms with Crippen LogP contribution in [0.2, 0.25) is 5.02 Å². The number of halogens is 1. The van der Waals surface area contributed by atoms with E-state index >= 15 is 0 Å². The molecule has 2 N–H and O–H groups in total. The van der Waals surface area contributed by atoms with Crippen LogP contribution in [0.1, 0.15) is 11.3 Å². The number of rotatable bonds is 6. The molecule has 0 bridgehead atoms. The summed E-state index contributed by atoms with van der Waals surface area (Å²) in [7, 11) is 0. The van der Waals surface area contributed by atoms with E-state index in [1.54, 1.807) is 0 Å². The third kappa shape index (κ3) is 4.58. The lowest BCUT2D eigenvalue weighted by Crippen LogP contribution is -2.45. The molecule has 5 heteroatoms. The summed E-state index contributed by atoms with van der Waals surface area (Å²) in [5.74, 6) is 1.82. The fourth-order valence-corrected chi connectivity index (χ4v) is 2.94. The van der Waals surface area contributed by atoms with Gasteiger partial charge >= 0.3 is 0 Å². The third-order valence-corrected chi connectivity index (χ3v) is 4.64. The number of piperazine rings is 1. The first-order chi connectivity index (χ1) is 11.2. The van der Waals surface area contributed by atoms with Crippen LogP contribution in [0.5, 0.6) is 0 Å². The van der Waals surface area contributed by atoms with Crippen molar-refractivity contribution in [3.63, 3.8) is 0 Å². The summed E-state index contributed by atoms with van der Waals surface area (Å²) in [5.41, 5.74) is 2.10. The SMILES string of the molecule is Cc1ccc(-c2ccc(CNCCN3CCNCC3)o2)cc1Cl. The number of aryl methyl sites for hydroxylation is 1. The molecule has 1 aromatic heterocycles. The third-order valence-electron chi connectivity index (χ3n) is 4.23. The Morgan fingerprint density at radius 3 is 2.83 bits per heavy atom. The lowest BCUT2D eigenvalue weighted by atomic mass is 10.1. The Morgan fingerprint density at radius 2 is 2.04 bits per heavy atom. The molecule has 0 unspecified atom stereocenters. The Kier molecular flexibility index (Phi) is 5.73. The first-order valence-electron chi connectivity index (χ1n) is 8.21. The largest absolute Gasteiger partial charge is 0.460 e. The molecule has 0 aliphatic carbocycles. The molecule has 23 heavy (non-hydrogen) atoms. The molecule has 1 aromatic carbocycles. The van der Waals surface area contributed by atoms with Crippen molar-refractivity contribution >= 4 is 11.6 Å². The maximum Gasteiger partial charge on any atom is 0.134 e. The van der Waals surface area contributed by atoms with Crippen LogP contribution in [0.3, 0.4) is 0 Å². The van der Waals surface area contributed by atoms with Gasteiger partial charge in [-0.1, -0.05) is 23.7 Å². The van der Waals surface area contributed by atoms with Crippen LogP contribution >= 0.6 is 11.6 Å². The Hall–Kier alpha value is -1.33. The first-order valence-corrected chi connectivity index (χ1v) is 8.59. The van der Waals surface area contributed by atoms with E-state index in [9.17, 15) is 0 Å². The van der Waals surface area contributed by atoms with Crippen LogP contribution in [0.25, 0.3) is 11.3 Å². The molecule has 0 saturated carbocycles. The number of hydrogen-bond donors (Lipinski definition) is 2. The van der Waals surface area contributed by atoms with Crippen molar-refractivity contribution in [2.45, 2.75) is 13.5 Å². The Balaban J connectivity index is 1.48. The number of nitrogens with one attached hydrogen (secondary N) is 2.